The van der Waals surface area contributed by atoms with Crippen LogP contribution < -0.4 is 10.1 Å². The molecule has 1 heterocycles. The van der Waals surface area contributed by atoms with E-state index in [1.54, 1.807) is 7.11 Å². The van der Waals surface area contributed by atoms with Crippen LogP contribution in [0.1, 0.15) is 18.9 Å². The van der Waals surface area contributed by atoms with Crippen molar-refractivity contribution in [3.8, 4) is 5.88 Å². The lowest BCUT2D eigenvalue weighted by Crippen LogP contribution is -2.14. The zero-order valence-electron chi connectivity index (χ0n) is 10.4. The van der Waals surface area contributed by atoms with Crippen molar-refractivity contribution >= 4 is 10.9 Å². The Morgan fingerprint density at radius 2 is 2.12 bits per heavy atom. The molecule has 0 spiro atoms. The quantitative estimate of drug-likeness (QED) is 0.802. The van der Waals surface area contributed by atoms with E-state index in [-0.39, 0.29) is 0 Å². The van der Waals surface area contributed by atoms with Gasteiger partial charge in [-0.3, -0.25) is 0 Å². The molecule has 0 unspecified atom stereocenters. The molecule has 0 fully saturated rings. The van der Waals surface area contributed by atoms with Crippen molar-refractivity contribution in [1.82, 2.24) is 10.3 Å². The summed E-state index contributed by atoms with van der Waals surface area (Å²) in [6, 6.07) is 10.2. The Morgan fingerprint density at radius 1 is 1.29 bits per heavy atom. The normalized spacial score (nSPS) is 10.7. The second-order valence-corrected chi connectivity index (χ2v) is 4.02. The van der Waals surface area contributed by atoms with Gasteiger partial charge in [0.2, 0.25) is 5.88 Å². The molecule has 0 saturated carbocycles. The average Bonchev–Trinajstić information content (AvgIpc) is 2.38. The van der Waals surface area contributed by atoms with E-state index in [0.29, 0.717) is 5.88 Å². The summed E-state index contributed by atoms with van der Waals surface area (Å²) in [6.45, 7) is 4.05. The third-order valence-corrected chi connectivity index (χ3v) is 2.73. The third-order valence-electron chi connectivity index (χ3n) is 2.73. The summed E-state index contributed by atoms with van der Waals surface area (Å²) < 4.78 is 5.23. The standard InChI is InChI=1S/C14H18N2O/c1-3-8-15-10-11-9-14(17-2)16-13-7-5-4-6-12(11)13/h4-7,9,15H,3,8,10H2,1-2H3. The Bertz CT molecular complexity index is 497. The first-order valence-corrected chi connectivity index (χ1v) is 5.98. The van der Waals surface area contributed by atoms with Gasteiger partial charge in [-0.1, -0.05) is 25.1 Å². The molecule has 1 aromatic carbocycles. The van der Waals surface area contributed by atoms with Crippen molar-refractivity contribution in [1.29, 1.82) is 0 Å². The monoisotopic (exact) mass is 230 g/mol. The van der Waals surface area contributed by atoms with Crippen LogP contribution in [-0.4, -0.2) is 18.6 Å². The minimum absolute atomic E-state index is 0.678. The summed E-state index contributed by atoms with van der Waals surface area (Å²) in [5, 5.41) is 4.60. The Morgan fingerprint density at radius 3 is 2.88 bits per heavy atom. The number of methoxy groups -OCH3 is 1. The number of ether oxygens (including phenoxy) is 1. The lowest BCUT2D eigenvalue weighted by molar-refractivity contribution is 0.399. The van der Waals surface area contributed by atoms with Crippen LogP contribution in [0.4, 0.5) is 0 Å². The molecule has 1 N–H and O–H groups in total. The first-order valence-electron chi connectivity index (χ1n) is 5.98. The molecule has 0 amide bonds. The number of nitrogens with one attached hydrogen (secondary N) is 1. The molecular formula is C14H18N2O. The fourth-order valence-corrected chi connectivity index (χ4v) is 1.87. The van der Waals surface area contributed by atoms with Gasteiger partial charge in [0.05, 0.1) is 12.6 Å². The molecule has 2 rings (SSSR count). The minimum atomic E-state index is 0.678. The zero-order chi connectivity index (χ0) is 12.1. The number of hydrogen-bond acceptors (Lipinski definition) is 3. The zero-order valence-corrected chi connectivity index (χ0v) is 10.4. The molecule has 1 aromatic heterocycles. The Kier molecular flexibility index (Phi) is 3.94. The molecule has 90 valence electrons. The third kappa shape index (κ3) is 2.74. The van der Waals surface area contributed by atoms with E-state index in [1.165, 1.54) is 10.9 Å². The summed E-state index contributed by atoms with van der Waals surface area (Å²) in [5.74, 6) is 0.678. The van der Waals surface area contributed by atoms with E-state index >= 15 is 0 Å². The van der Waals surface area contributed by atoms with Crippen molar-refractivity contribution in [3.63, 3.8) is 0 Å². The van der Waals surface area contributed by atoms with Crippen LogP contribution in [-0.2, 0) is 6.54 Å². The first kappa shape index (κ1) is 11.9. The Labute approximate surface area is 102 Å². The number of hydrogen-bond donors (Lipinski definition) is 1. The molecular weight excluding hydrogens is 212 g/mol. The molecule has 2 aromatic rings. The molecule has 0 bridgehead atoms. The topological polar surface area (TPSA) is 34.1 Å². The van der Waals surface area contributed by atoms with Gasteiger partial charge in [-0.05, 0) is 24.6 Å². The van der Waals surface area contributed by atoms with E-state index in [1.807, 2.05) is 24.3 Å². The minimum Gasteiger partial charge on any atom is -0.481 e. The summed E-state index contributed by atoms with van der Waals surface area (Å²) in [7, 11) is 1.65. The van der Waals surface area contributed by atoms with Crippen molar-refractivity contribution in [2.75, 3.05) is 13.7 Å². The lowest BCUT2D eigenvalue weighted by atomic mass is 10.1. The number of pyridine rings is 1. The van der Waals surface area contributed by atoms with E-state index in [0.717, 1.165) is 25.0 Å². The second kappa shape index (κ2) is 5.64. The summed E-state index contributed by atoms with van der Waals surface area (Å²) in [4.78, 5) is 4.43. The van der Waals surface area contributed by atoms with Crippen LogP contribution in [0.5, 0.6) is 5.88 Å². The summed E-state index contributed by atoms with van der Waals surface area (Å²) >= 11 is 0. The van der Waals surface area contributed by atoms with Crippen molar-refractivity contribution in [2.45, 2.75) is 19.9 Å². The maximum Gasteiger partial charge on any atom is 0.213 e. The SMILES string of the molecule is CCCNCc1cc(OC)nc2ccccc12. The van der Waals surface area contributed by atoms with Crippen molar-refractivity contribution < 1.29 is 4.74 Å². The van der Waals surface area contributed by atoms with Gasteiger partial charge in [0, 0.05) is 18.0 Å². The highest BCUT2D eigenvalue weighted by Crippen LogP contribution is 2.21. The van der Waals surface area contributed by atoms with E-state index in [9.17, 15) is 0 Å². The largest absolute Gasteiger partial charge is 0.481 e. The first-order chi connectivity index (χ1) is 8.35. The van der Waals surface area contributed by atoms with Crippen LogP contribution >= 0.6 is 0 Å². The van der Waals surface area contributed by atoms with Crippen molar-refractivity contribution in [3.05, 3.63) is 35.9 Å². The van der Waals surface area contributed by atoms with E-state index in [4.69, 9.17) is 4.74 Å². The Hall–Kier alpha value is -1.61. The van der Waals surface area contributed by atoms with E-state index < -0.39 is 0 Å². The van der Waals surface area contributed by atoms with Crippen LogP contribution in [0.3, 0.4) is 0 Å². The highest BCUT2D eigenvalue weighted by atomic mass is 16.5. The van der Waals surface area contributed by atoms with Gasteiger partial charge >= 0.3 is 0 Å². The molecule has 3 heteroatoms. The van der Waals surface area contributed by atoms with Gasteiger partial charge in [0.15, 0.2) is 0 Å². The van der Waals surface area contributed by atoms with Gasteiger partial charge in [-0.25, -0.2) is 4.98 Å². The predicted octanol–water partition coefficient (Wildman–Crippen LogP) is 2.74. The van der Waals surface area contributed by atoms with Crippen LogP contribution in [0.15, 0.2) is 30.3 Å². The summed E-state index contributed by atoms with van der Waals surface area (Å²) in [6.07, 6.45) is 1.14. The Balaban J connectivity index is 2.36. The second-order valence-electron chi connectivity index (χ2n) is 4.02. The summed E-state index contributed by atoms with van der Waals surface area (Å²) in [5.41, 5.74) is 2.22. The van der Waals surface area contributed by atoms with Gasteiger partial charge in [0.1, 0.15) is 0 Å². The van der Waals surface area contributed by atoms with Gasteiger partial charge in [-0.15, -0.1) is 0 Å². The molecule has 0 aliphatic rings. The molecule has 17 heavy (non-hydrogen) atoms. The van der Waals surface area contributed by atoms with Crippen LogP contribution in [0.2, 0.25) is 0 Å². The van der Waals surface area contributed by atoms with Gasteiger partial charge in [0.25, 0.3) is 0 Å². The van der Waals surface area contributed by atoms with Crippen molar-refractivity contribution in [2.24, 2.45) is 0 Å². The highest BCUT2D eigenvalue weighted by molar-refractivity contribution is 5.82. The van der Waals surface area contributed by atoms with Gasteiger partial charge in [-0.2, -0.15) is 0 Å². The number of aromatic nitrogens is 1. The fraction of sp³-hybridized carbons (Fsp3) is 0.357. The van der Waals surface area contributed by atoms with E-state index in [2.05, 4.69) is 23.3 Å². The number of nitrogens with zero attached hydrogens (tertiary/aromatic N) is 1. The molecule has 0 saturated heterocycles. The molecule has 0 atom stereocenters. The predicted molar refractivity (Wildman–Crippen MR) is 70.3 cm³/mol. The fourth-order valence-electron chi connectivity index (χ4n) is 1.87. The molecule has 0 aliphatic carbocycles. The maximum absolute atomic E-state index is 5.23. The lowest BCUT2D eigenvalue weighted by Gasteiger charge is -2.09. The number of rotatable bonds is 5. The number of fused-ring (bicyclic) bond motifs is 1. The van der Waals surface area contributed by atoms with Gasteiger partial charge < -0.3 is 10.1 Å². The number of benzene rings is 1. The highest BCUT2D eigenvalue weighted by Gasteiger charge is 2.05. The molecule has 3 nitrogen and oxygen atoms in total. The molecule has 0 radical (unpaired) electrons. The van der Waals surface area contributed by atoms with Crippen LogP contribution in [0, 0.1) is 0 Å². The van der Waals surface area contributed by atoms with Crippen LogP contribution in [0.25, 0.3) is 10.9 Å². The average molecular weight is 230 g/mol. The molecule has 0 aliphatic heterocycles. The smallest absolute Gasteiger partial charge is 0.213 e. The maximum atomic E-state index is 5.23. The number of para-hydroxylation sites is 1.